The summed E-state index contributed by atoms with van der Waals surface area (Å²) in [5, 5.41) is -0.632. The Balaban J connectivity index is 3.46. The number of halogens is 1. The summed E-state index contributed by atoms with van der Waals surface area (Å²) >= 11 is 4.77. The summed E-state index contributed by atoms with van der Waals surface area (Å²) in [5.74, 6) is 0. The molecule has 0 saturated heterocycles. The molecule has 0 atom stereocenters. The van der Waals surface area contributed by atoms with Crippen LogP contribution in [0.25, 0.3) is 0 Å². The van der Waals surface area contributed by atoms with Crippen LogP contribution in [-0.2, 0) is 9.59 Å². The molecule has 0 bridgehead atoms. The van der Waals surface area contributed by atoms with Gasteiger partial charge in [0.25, 0.3) is 0 Å². The van der Waals surface area contributed by atoms with Crippen LogP contribution in [0, 0.1) is 0 Å². The number of allylic oxidation sites excluding steroid dienone is 2. The van der Waals surface area contributed by atoms with E-state index in [-0.39, 0.29) is 0 Å². The van der Waals surface area contributed by atoms with Crippen LogP contribution >= 0.6 is 11.6 Å². The van der Waals surface area contributed by atoms with Gasteiger partial charge in [-0.2, -0.15) is 0 Å². The fourth-order valence-electron chi connectivity index (χ4n) is 0.115. The zero-order valence-electron chi connectivity index (χ0n) is 3.43. The van der Waals surface area contributed by atoms with Gasteiger partial charge in [-0.3, -0.25) is 9.59 Å². The lowest BCUT2D eigenvalue weighted by atomic mass is 10.6. The molecule has 0 fully saturated rings. The molecule has 0 aromatic carbocycles. The van der Waals surface area contributed by atoms with E-state index >= 15 is 0 Å². The molecule has 0 unspecified atom stereocenters. The zero-order chi connectivity index (χ0) is 5.70. The second-order valence-electron chi connectivity index (χ2n) is 0.799. The van der Waals surface area contributed by atoms with Gasteiger partial charge in [0.1, 0.15) is 6.29 Å². The van der Waals surface area contributed by atoms with Crippen molar-refractivity contribution in [3.05, 3.63) is 12.2 Å². The molecule has 0 N–H and O–H groups in total. The number of rotatable bonds is 2. The molecule has 7 heavy (non-hydrogen) atoms. The second-order valence-corrected chi connectivity index (χ2v) is 1.17. The molecule has 0 aliphatic rings. The molecule has 0 rings (SSSR count). The Labute approximate surface area is 45.8 Å². The molecule has 0 heterocycles. The lowest BCUT2D eigenvalue weighted by Crippen LogP contribution is -1.73. The molecule has 0 spiro atoms. The van der Waals surface area contributed by atoms with E-state index < -0.39 is 5.24 Å². The van der Waals surface area contributed by atoms with Crippen LogP contribution in [0.15, 0.2) is 12.2 Å². The third kappa shape index (κ3) is 5.37. The first-order valence-electron chi connectivity index (χ1n) is 1.58. The van der Waals surface area contributed by atoms with Crippen molar-refractivity contribution < 1.29 is 9.59 Å². The molecule has 3 heteroatoms. The first-order valence-corrected chi connectivity index (χ1v) is 1.96. The van der Waals surface area contributed by atoms with E-state index in [1.54, 1.807) is 0 Å². The van der Waals surface area contributed by atoms with Crippen LogP contribution in [0.2, 0.25) is 0 Å². The average Bonchev–Trinajstić information content (AvgIpc) is 1.61. The quantitative estimate of drug-likeness (QED) is 0.301. The summed E-state index contributed by atoms with van der Waals surface area (Å²) < 4.78 is 0. The smallest absolute Gasteiger partial charge is 0.245 e. The summed E-state index contributed by atoms with van der Waals surface area (Å²) in [6, 6.07) is 0. The lowest BCUT2D eigenvalue weighted by molar-refractivity contribution is -0.108. The monoisotopic (exact) mass is 118 g/mol. The van der Waals surface area contributed by atoms with E-state index in [4.69, 9.17) is 11.6 Å². The van der Waals surface area contributed by atoms with Gasteiger partial charge in [0, 0.05) is 6.08 Å². The highest BCUT2D eigenvalue weighted by Gasteiger charge is 1.79. The fourth-order valence-corrected chi connectivity index (χ4v) is 0.188. The molecule has 0 aliphatic carbocycles. The Kier molecular flexibility index (Phi) is 3.24. The van der Waals surface area contributed by atoms with E-state index in [0.29, 0.717) is 6.29 Å². The van der Waals surface area contributed by atoms with Crippen molar-refractivity contribution >= 4 is 23.1 Å². The van der Waals surface area contributed by atoms with Crippen LogP contribution in [0.5, 0.6) is 0 Å². The number of hydrogen-bond acceptors (Lipinski definition) is 2. The maximum Gasteiger partial charge on any atom is 0.245 e. The van der Waals surface area contributed by atoms with Crippen molar-refractivity contribution in [3.63, 3.8) is 0 Å². The van der Waals surface area contributed by atoms with Crippen LogP contribution in [0.4, 0.5) is 0 Å². The molecule has 0 aliphatic heterocycles. The topological polar surface area (TPSA) is 34.1 Å². The molecular formula is C4H3ClO2. The molecule has 0 amide bonds. The van der Waals surface area contributed by atoms with Gasteiger partial charge < -0.3 is 0 Å². The van der Waals surface area contributed by atoms with Gasteiger partial charge >= 0.3 is 0 Å². The van der Waals surface area contributed by atoms with E-state index in [9.17, 15) is 9.59 Å². The third-order valence-corrected chi connectivity index (χ3v) is 0.432. The van der Waals surface area contributed by atoms with Crippen molar-refractivity contribution in [2.75, 3.05) is 0 Å². The fraction of sp³-hybridized carbons (Fsp3) is 0. The molecular weight excluding hydrogens is 115 g/mol. The van der Waals surface area contributed by atoms with Gasteiger partial charge in [0.15, 0.2) is 0 Å². The summed E-state index contributed by atoms with van der Waals surface area (Å²) in [6.45, 7) is 0. The Bertz CT molecular complexity index is 106. The van der Waals surface area contributed by atoms with E-state index in [1.165, 1.54) is 0 Å². The van der Waals surface area contributed by atoms with Crippen LogP contribution in [-0.4, -0.2) is 11.5 Å². The van der Waals surface area contributed by atoms with Crippen molar-refractivity contribution in [1.82, 2.24) is 0 Å². The largest absolute Gasteiger partial charge is 0.299 e. The number of hydrogen-bond donors (Lipinski definition) is 0. The maximum atomic E-state index is 9.72. The first kappa shape index (κ1) is 6.37. The van der Waals surface area contributed by atoms with Gasteiger partial charge in [-0.15, -0.1) is 0 Å². The highest BCUT2D eigenvalue weighted by atomic mass is 35.5. The summed E-state index contributed by atoms with van der Waals surface area (Å²) in [4.78, 5) is 19.1. The minimum Gasteiger partial charge on any atom is -0.299 e. The zero-order valence-corrected chi connectivity index (χ0v) is 4.18. The number of carbonyl (C=O) groups is 2. The van der Waals surface area contributed by atoms with Crippen LogP contribution in [0.1, 0.15) is 0 Å². The average molecular weight is 119 g/mol. The lowest BCUT2D eigenvalue weighted by Gasteiger charge is -1.65. The predicted molar refractivity (Wildman–Crippen MR) is 26.1 cm³/mol. The van der Waals surface area contributed by atoms with Gasteiger partial charge in [0.05, 0.1) is 0 Å². The van der Waals surface area contributed by atoms with Gasteiger partial charge in [-0.05, 0) is 17.7 Å². The first-order chi connectivity index (χ1) is 3.27. The minimum atomic E-state index is -0.632. The van der Waals surface area contributed by atoms with Crippen molar-refractivity contribution in [2.24, 2.45) is 0 Å². The van der Waals surface area contributed by atoms with Crippen molar-refractivity contribution in [3.8, 4) is 0 Å². The SMILES string of the molecule is O=C/C=C\C(=O)Cl. The summed E-state index contributed by atoms with van der Waals surface area (Å²) in [5.41, 5.74) is 0. The Morgan fingerprint density at radius 2 is 2.14 bits per heavy atom. The Morgan fingerprint density at radius 3 is 2.29 bits per heavy atom. The van der Waals surface area contributed by atoms with Crippen molar-refractivity contribution in [2.45, 2.75) is 0 Å². The molecule has 0 aromatic heterocycles. The highest BCUT2D eigenvalue weighted by molar-refractivity contribution is 6.66. The summed E-state index contributed by atoms with van der Waals surface area (Å²) in [7, 11) is 0. The predicted octanol–water partition coefficient (Wildman–Crippen LogP) is 0.507. The molecule has 0 saturated carbocycles. The normalized spacial score (nSPS) is 9.29. The minimum absolute atomic E-state index is 0.486. The Morgan fingerprint density at radius 1 is 1.57 bits per heavy atom. The van der Waals surface area contributed by atoms with Crippen LogP contribution < -0.4 is 0 Å². The van der Waals surface area contributed by atoms with E-state index in [1.807, 2.05) is 0 Å². The standard InChI is InChI=1S/C4H3ClO2/c5-4(7)2-1-3-6/h1-3H/b2-1-. The number of carbonyl (C=O) groups excluding carboxylic acids is 2. The summed E-state index contributed by atoms with van der Waals surface area (Å²) in [6.07, 6.45) is 2.50. The van der Waals surface area contributed by atoms with E-state index in [2.05, 4.69) is 0 Å². The molecule has 2 nitrogen and oxygen atoms in total. The second kappa shape index (κ2) is 3.56. The van der Waals surface area contributed by atoms with Crippen molar-refractivity contribution in [1.29, 1.82) is 0 Å². The maximum absolute atomic E-state index is 9.72. The number of aldehydes is 1. The third-order valence-electron chi connectivity index (χ3n) is 0.306. The molecule has 0 radical (unpaired) electrons. The van der Waals surface area contributed by atoms with Crippen LogP contribution in [0.3, 0.4) is 0 Å². The van der Waals surface area contributed by atoms with E-state index in [0.717, 1.165) is 12.2 Å². The van der Waals surface area contributed by atoms with Gasteiger partial charge in [0.2, 0.25) is 5.24 Å². The Hall–Kier alpha value is -0.630. The molecule has 0 aromatic rings. The highest BCUT2D eigenvalue weighted by Crippen LogP contribution is 1.78. The molecule has 38 valence electrons. The van der Waals surface area contributed by atoms with Gasteiger partial charge in [-0.25, -0.2) is 0 Å². The van der Waals surface area contributed by atoms with Gasteiger partial charge in [-0.1, -0.05) is 0 Å².